The summed E-state index contributed by atoms with van der Waals surface area (Å²) < 4.78 is 6.37. The molecule has 2 atom stereocenters. The maximum atomic E-state index is 12.6. The number of hydrogen-bond acceptors (Lipinski definition) is 3. The Hall–Kier alpha value is -2.69. The molecule has 3 aromatic rings. The van der Waals surface area contributed by atoms with Gasteiger partial charge in [-0.05, 0) is 67.3 Å². The fourth-order valence-electron chi connectivity index (χ4n) is 4.04. The van der Waals surface area contributed by atoms with Gasteiger partial charge < -0.3 is 15.2 Å². The Bertz CT molecular complexity index is 1070. The second-order valence-corrected chi connectivity index (χ2v) is 8.62. The van der Waals surface area contributed by atoms with E-state index in [9.17, 15) is 9.90 Å². The van der Waals surface area contributed by atoms with Gasteiger partial charge in [-0.3, -0.25) is 4.79 Å². The predicted octanol–water partition coefficient (Wildman–Crippen LogP) is 7.06. The van der Waals surface area contributed by atoms with Crippen molar-refractivity contribution >= 4 is 34.8 Å². The maximum Gasteiger partial charge on any atom is 0.259 e. The second-order valence-electron chi connectivity index (χ2n) is 7.74. The number of aromatic hydroxyl groups is 1. The predicted molar refractivity (Wildman–Crippen MR) is 125 cm³/mol. The van der Waals surface area contributed by atoms with Crippen molar-refractivity contribution in [3.63, 3.8) is 0 Å². The lowest BCUT2D eigenvalue weighted by molar-refractivity contribution is 0.102. The quantitative estimate of drug-likeness (QED) is 0.432. The normalized spacial score (nSPS) is 18.4. The van der Waals surface area contributed by atoms with Crippen LogP contribution in [-0.2, 0) is 0 Å². The third kappa shape index (κ3) is 5.33. The number of ether oxygens (including phenoxy) is 1. The molecule has 0 heterocycles. The van der Waals surface area contributed by atoms with Crippen molar-refractivity contribution in [3.05, 3.63) is 87.9 Å². The monoisotopic (exact) mass is 455 g/mol. The van der Waals surface area contributed by atoms with Gasteiger partial charge in [-0.25, -0.2) is 0 Å². The molecule has 1 amide bonds. The summed E-state index contributed by atoms with van der Waals surface area (Å²) >= 11 is 12.0. The first-order valence-corrected chi connectivity index (χ1v) is 11.1. The molecule has 4 nitrogen and oxygen atoms in total. The number of phenolic OH excluding ortho intramolecular Hbond substituents is 1. The van der Waals surface area contributed by atoms with Crippen molar-refractivity contribution in [2.45, 2.75) is 37.7 Å². The maximum absolute atomic E-state index is 12.6. The van der Waals surface area contributed by atoms with Gasteiger partial charge in [-0.1, -0.05) is 47.8 Å². The smallest absolute Gasteiger partial charge is 0.259 e. The lowest BCUT2D eigenvalue weighted by Crippen LogP contribution is -2.28. The largest absolute Gasteiger partial charge is 0.507 e. The van der Waals surface area contributed by atoms with E-state index in [2.05, 4.69) is 17.4 Å². The van der Waals surface area contributed by atoms with Crippen molar-refractivity contribution in [3.8, 4) is 11.5 Å². The highest BCUT2D eigenvalue weighted by Crippen LogP contribution is 2.36. The van der Waals surface area contributed by atoms with Gasteiger partial charge >= 0.3 is 0 Å². The Morgan fingerprint density at radius 1 is 0.935 bits per heavy atom. The minimum absolute atomic E-state index is 0.0536. The second kappa shape index (κ2) is 9.63. The minimum Gasteiger partial charge on any atom is -0.507 e. The molecule has 1 aliphatic carbocycles. The number of hydrogen-bond donors (Lipinski definition) is 2. The summed E-state index contributed by atoms with van der Waals surface area (Å²) in [4.78, 5) is 12.6. The molecular weight excluding hydrogens is 433 g/mol. The number of rotatable bonds is 5. The number of carbonyl (C=O) groups is 1. The molecule has 31 heavy (non-hydrogen) atoms. The highest BCUT2D eigenvalue weighted by atomic mass is 35.5. The average molecular weight is 456 g/mol. The Balaban J connectivity index is 1.49. The fraction of sp³-hybridized carbons (Fsp3) is 0.240. The van der Waals surface area contributed by atoms with Gasteiger partial charge in [-0.2, -0.15) is 0 Å². The van der Waals surface area contributed by atoms with Gasteiger partial charge in [0.15, 0.2) is 0 Å². The molecular formula is C25H23Cl2NO3. The number of amides is 1. The van der Waals surface area contributed by atoms with E-state index in [-0.39, 0.29) is 17.4 Å². The standard InChI is InChI=1S/C25H23Cl2NO3/c26-17-10-8-16(9-11-17)21-6-1-2-7-24(21)31-20-5-3-4-19(15-20)28-25(30)22-14-18(27)12-13-23(22)29/h3-5,8-15,21,24,29H,1-2,6-7H2,(H,28,30)/t21-,24+/m1/s1. The number of nitrogens with one attached hydrogen (secondary N) is 1. The molecule has 0 spiro atoms. The average Bonchev–Trinajstić information content (AvgIpc) is 2.77. The van der Waals surface area contributed by atoms with Crippen LogP contribution < -0.4 is 10.1 Å². The third-order valence-electron chi connectivity index (χ3n) is 5.58. The van der Waals surface area contributed by atoms with Crippen LogP contribution in [0.1, 0.15) is 47.5 Å². The molecule has 6 heteroatoms. The van der Waals surface area contributed by atoms with Crippen molar-refractivity contribution < 1.29 is 14.6 Å². The van der Waals surface area contributed by atoms with E-state index >= 15 is 0 Å². The fourth-order valence-corrected chi connectivity index (χ4v) is 4.34. The van der Waals surface area contributed by atoms with E-state index in [1.807, 2.05) is 24.3 Å². The molecule has 0 unspecified atom stereocenters. The highest BCUT2D eigenvalue weighted by molar-refractivity contribution is 6.31. The van der Waals surface area contributed by atoms with Crippen LogP contribution in [-0.4, -0.2) is 17.1 Å². The molecule has 1 aliphatic rings. The lowest BCUT2D eigenvalue weighted by Gasteiger charge is -2.32. The zero-order chi connectivity index (χ0) is 21.8. The zero-order valence-electron chi connectivity index (χ0n) is 16.9. The van der Waals surface area contributed by atoms with Gasteiger partial charge in [0.05, 0.1) is 5.56 Å². The van der Waals surface area contributed by atoms with Gasteiger partial charge in [0.1, 0.15) is 17.6 Å². The van der Waals surface area contributed by atoms with E-state index in [1.54, 1.807) is 12.1 Å². The van der Waals surface area contributed by atoms with E-state index in [4.69, 9.17) is 27.9 Å². The first-order chi connectivity index (χ1) is 15.0. The molecule has 0 saturated heterocycles. The molecule has 0 aliphatic heterocycles. The lowest BCUT2D eigenvalue weighted by atomic mass is 9.81. The van der Waals surface area contributed by atoms with Crippen LogP contribution in [0.2, 0.25) is 10.0 Å². The van der Waals surface area contributed by atoms with Crippen LogP contribution >= 0.6 is 23.2 Å². The minimum atomic E-state index is -0.436. The van der Waals surface area contributed by atoms with Crippen LogP contribution in [0, 0.1) is 0 Å². The van der Waals surface area contributed by atoms with Gasteiger partial charge in [0, 0.05) is 27.7 Å². The molecule has 0 radical (unpaired) electrons. The van der Waals surface area contributed by atoms with Crippen molar-refractivity contribution in [1.82, 2.24) is 0 Å². The first-order valence-electron chi connectivity index (χ1n) is 10.3. The molecule has 1 saturated carbocycles. The Kier molecular flexibility index (Phi) is 6.69. The summed E-state index contributed by atoms with van der Waals surface area (Å²) in [7, 11) is 0. The number of phenols is 1. The van der Waals surface area contributed by atoms with E-state index < -0.39 is 5.91 Å². The summed E-state index contributed by atoms with van der Waals surface area (Å²) in [5.41, 5.74) is 1.93. The first kappa shape index (κ1) is 21.5. The summed E-state index contributed by atoms with van der Waals surface area (Å²) in [5.74, 6) is 0.433. The number of anilines is 1. The van der Waals surface area contributed by atoms with Crippen LogP contribution in [0.15, 0.2) is 66.7 Å². The molecule has 0 bridgehead atoms. The number of halogens is 2. The van der Waals surface area contributed by atoms with E-state index in [0.717, 1.165) is 24.3 Å². The Morgan fingerprint density at radius 2 is 1.68 bits per heavy atom. The van der Waals surface area contributed by atoms with Crippen LogP contribution in [0.4, 0.5) is 5.69 Å². The zero-order valence-corrected chi connectivity index (χ0v) is 18.4. The molecule has 160 valence electrons. The summed E-state index contributed by atoms with van der Waals surface area (Å²) in [6, 6.07) is 19.7. The van der Waals surface area contributed by atoms with Gasteiger partial charge in [0.25, 0.3) is 5.91 Å². The van der Waals surface area contributed by atoms with Crippen LogP contribution in [0.25, 0.3) is 0 Å². The summed E-state index contributed by atoms with van der Waals surface area (Å²) in [6.07, 6.45) is 4.39. The molecule has 3 aromatic carbocycles. The van der Waals surface area contributed by atoms with E-state index in [0.29, 0.717) is 22.4 Å². The molecule has 0 aromatic heterocycles. The Morgan fingerprint density at radius 3 is 2.48 bits per heavy atom. The molecule has 1 fully saturated rings. The molecule has 4 rings (SSSR count). The SMILES string of the molecule is O=C(Nc1cccc(O[C@H]2CCCC[C@@H]2c2ccc(Cl)cc2)c1)c1cc(Cl)ccc1O. The summed E-state index contributed by atoms with van der Waals surface area (Å²) in [5, 5.41) is 13.9. The Labute approximate surface area is 191 Å². The highest BCUT2D eigenvalue weighted by Gasteiger charge is 2.28. The topological polar surface area (TPSA) is 58.6 Å². The van der Waals surface area contributed by atoms with Gasteiger partial charge in [-0.15, -0.1) is 0 Å². The number of benzene rings is 3. The molecule has 2 N–H and O–H groups in total. The van der Waals surface area contributed by atoms with Crippen molar-refractivity contribution in [1.29, 1.82) is 0 Å². The number of carbonyl (C=O) groups excluding carboxylic acids is 1. The van der Waals surface area contributed by atoms with E-state index in [1.165, 1.54) is 30.2 Å². The third-order valence-corrected chi connectivity index (χ3v) is 6.07. The van der Waals surface area contributed by atoms with Crippen LogP contribution in [0.5, 0.6) is 11.5 Å². The van der Waals surface area contributed by atoms with Crippen LogP contribution in [0.3, 0.4) is 0 Å². The summed E-state index contributed by atoms with van der Waals surface area (Å²) in [6.45, 7) is 0. The van der Waals surface area contributed by atoms with Gasteiger partial charge in [0.2, 0.25) is 0 Å². The van der Waals surface area contributed by atoms with Crippen molar-refractivity contribution in [2.24, 2.45) is 0 Å². The van der Waals surface area contributed by atoms with Crippen molar-refractivity contribution in [2.75, 3.05) is 5.32 Å².